The van der Waals surface area contributed by atoms with E-state index >= 15 is 0 Å². The maximum atomic E-state index is 12.3. The Labute approximate surface area is 236 Å². The second-order valence-corrected chi connectivity index (χ2v) is 14.0. The number of carbonyl (C=O) groups excluding carboxylic acids is 1. The van der Waals surface area contributed by atoms with Crippen LogP contribution in [0.3, 0.4) is 0 Å². The third kappa shape index (κ3) is 19.7. The largest absolute Gasteiger partial charge is 0.465 e. The summed E-state index contributed by atoms with van der Waals surface area (Å²) >= 11 is 0. The van der Waals surface area contributed by atoms with Crippen LogP contribution in [0, 0.1) is 16.7 Å². The van der Waals surface area contributed by atoms with E-state index in [1.807, 2.05) is 30.3 Å². The minimum atomic E-state index is -0.314. The lowest BCUT2D eigenvalue weighted by Crippen LogP contribution is -2.30. The maximum absolute atomic E-state index is 12.3. The zero-order valence-corrected chi connectivity index (χ0v) is 26.0. The van der Waals surface area contributed by atoms with E-state index in [4.69, 9.17) is 4.74 Å². The first-order chi connectivity index (χ1) is 18.0. The predicted octanol–water partition coefficient (Wildman–Crippen LogP) is 10.1. The van der Waals surface area contributed by atoms with Crippen LogP contribution in [-0.4, -0.2) is 23.8 Å². The van der Waals surface area contributed by atoms with Crippen LogP contribution in [0.1, 0.15) is 150 Å². The van der Waals surface area contributed by atoms with E-state index in [-0.39, 0.29) is 23.4 Å². The highest BCUT2D eigenvalue weighted by atomic mass is 16.5. The molecule has 0 aromatic heterocycles. The van der Waals surface area contributed by atoms with Crippen LogP contribution in [-0.2, 0) is 16.0 Å². The third-order valence-corrected chi connectivity index (χ3v) is 7.90. The van der Waals surface area contributed by atoms with E-state index in [2.05, 4.69) is 41.5 Å². The Kier molecular flexibility index (Phi) is 17.9. The fraction of sp³-hybridized carbons (Fsp3) is 0.800. The molecule has 0 saturated heterocycles. The molecule has 1 rings (SSSR count). The minimum absolute atomic E-state index is 0.00683. The Morgan fingerprint density at radius 1 is 0.763 bits per heavy atom. The molecule has 2 unspecified atom stereocenters. The summed E-state index contributed by atoms with van der Waals surface area (Å²) in [5.41, 5.74) is 1.64. The van der Waals surface area contributed by atoms with E-state index in [0.717, 1.165) is 18.4 Å². The number of aliphatic hydroxyl groups is 1. The molecule has 1 aromatic carbocycles. The molecule has 0 aliphatic rings. The molecule has 220 valence electrons. The van der Waals surface area contributed by atoms with Gasteiger partial charge in [-0.3, -0.25) is 4.79 Å². The Balaban J connectivity index is 2.06. The summed E-state index contributed by atoms with van der Waals surface area (Å²) < 4.78 is 5.64. The molecule has 0 aliphatic heterocycles. The van der Waals surface area contributed by atoms with Crippen LogP contribution in [0.25, 0.3) is 0 Å². The first kappa shape index (κ1) is 34.7. The van der Waals surface area contributed by atoms with E-state index in [9.17, 15) is 9.90 Å². The van der Waals surface area contributed by atoms with Gasteiger partial charge >= 0.3 is 5.97 Å². The molecule has 1 N–H and O–H groups in total. The van der Waals surface area contributed by atoms with Gasteiger partial charge in [0, 0.05) is 12.3 Å². The number of aryl methyl sites for hydroxylation is 1. The number of benzene rings is 1. The van der Waals surface area contributed by atoms with Crippen molar-refractivity contribution in [1.82, 2.24) is 0 Å². The van der Waals surface area contributed by atoms with Gasteiger partial charge in [0.2, 0.25) is 0 Å². The standard InChI is InChI=1S/C35H62O3/c1-34(2,3)27-21-16-14-12-10-8-7-9-11-13-15-20-24-32(36)28-31(35(4,5)6)29-38-33(37)26-25-30-22-18-17-19-23-30/h17-19,22-23,31-32,36H,7-16,20-21,24-29H2,1-6H3. The zero-order chi connectivity index (χ0) is 28.3. The first-order valence-electron chi connectivity index (χ1n) is 15.8. The topological polar surface area (TPSA) is 46.5 Å². The van der Waals surface area contributed by atoms with Crippen LogP contribution in [0.15, 0.2) is 30.3 Å². The van der Waals surface area contributed by atoms with E-state index in [1.165, 1.54) is 77.0 Å². The highest BCUT2D eigenvalue weighted by Crippen LogP contribution is 2.31. The van der Waals surface area contributed by atoms with Gasteiger partial charge < -0.3 is 9.84 Å². The molecule has 38 heavy (non-hydrogen) atoms. The number of unbranched alkanes of at least 4 members (excludes halogenated alkanes) is 11. The van der Waals surface area contributed by atoms with Crippen LogP contribution < -0.4 is 0 Å². The first-order valence-corrected chi connectivity index (χ1v) is 15.8. The molecule has 0 heterocycles. The summed E-state index contributed by atoms with van der Waals surface area (Å²) in [5.74, 6) is 0.0188. The Morgan fingerprint density at radius 2 is 1.26 bits per heavy atom. The number of ether oxygens (including phenoxy) is 1. The Hall–Kier alpha value is -1.35. The molecule has 0 bridgehead atoms. The van der Waals surface area contributed by atoms with E-state index in [0.29, 0.717) is 31.3 Å². The molecule has 3 nitrogen and oxygen atoms in total. The van der Waals surface area contributed by atoms with Crippen molar-refractivity contribution in [2.24, 2.45) is 16.7 Å². The monoisotopic (exact) mass is 530 g/mol. The maximum Gasteiger partial charge on any atom is 0.306 e. The van der Waals surface area contributed by atoms with Crippen molar-refractivity contribution in [2.75, 3.05) is 6.61 Å². The SMILES string of the molecule is CC(C)(C)CCCCCCCCCCCCCCC(O)CC(COC(=O)CCc1ccccc1)C(C)(C)C. The molecular formula is C35H62O3. The molecular weight excluding hydrogens is 468 g/mol. The molecule has 0 spiro atoms. The van der Waals surface area contributed by atoms with Gasteiger partial charge in [-0.15, -0.1) is 0 Å². The van der Waals surface area contributed by atoms with Crippen molar-refractivity contribution in [3.05, 3.63) is 35.9 Å². The van der Waals surface area contributed by atoms with Gasteiger partial charge in [-0.25, -0.2) is 0 Å². The molecule has 0 amide bonds. The average molecular weight is 531 g/mol. The van der Waals surface area contributed by atoms with Crippen molar-refractivity contribution in [3.8, 4) is 0 Å². The Bertz CT molecular complexity index is 698. The molecule has 0 fully saturated rings. The van der Waals surface area contributed by atoms with E-state index < -0.39 is 0 Å². The van der Waals surface area contributed by atoms with Gasteiger partial charge in [-0.2, -0.15) is 0 Å². The molecule has 0 radical (unpaired) electrons. The van der Waals surface area contributed by atoms with Crippen molar-refractivity contribution in [2.45, 2.75) is 157 Å². The molecule has 3 heteroatoms. The lowest BCUT2D eigenvalue weighted by molar-refractivity contribution is -0.146. The van der Waals surface area contributed by atoms with Gasteiger partial charge in [0.05, 0.1) is 12.7 Å². The minimum Gasteiger partial charge on any atom is -0.465 e. The summed E-state index contributed by atoms with van der Waals surface area (Å²) in [7, 11) is 0. The summed E-state index contributed by atoms with van der Waals surface area (Å²) in [6.45, 7) is 13.9. The summed E-state index contributed by atoms with van der Waals surface area (Å²) in [6.07, 6.45) is 19.7. The lowest BCUT2D eigenvalue weighted by Gasteiger charge is -2.32. The summed E-state index contributed by atoms with van der Waals surface area (Å²) in [6, 6.07) is 10.1. The van der Waals surface area contributed by atoms with Gasteiger partial charge in [0.25, 0.3) is 0 Å². The number of hydrogen-bond donors (Lipinski definition) is 1. The van der Waals surface area contributed by atoms with Gasteiger partial charge in [0.15, 0.2) is 0 Å². The summed E-state index contributed by atoms with van der Waals surface area (Å²) in [4.78, 5) is 12.3. The quantitative estimate of drug-likeness (QED) is 0.127. The van der Waals surface area contributed by atoms with Crippen LogP contribution >= 0.6 is 0 Å². The van der Waals surface area contributed by atoms with Crippen molar-refractivity contribution in [1.29, 1.82) is 0 Å². The van der Waals surface area contributed by atoms with E-state index in [1.54, 1.807) is 0 Å². The van der Waals surface area contributed by atoms with Crippen molar-refractivity contribution >= 4 is 5.97 Å². The van der Waals surface area contributed by atoms with Crippen molar-refractivity contribution in [3.63, 3.8) is 0 Å². The number of rotatable bonds is 21. The molecule has 0 saturated carbocycles. The fourth-order valence-corrected chi connectivity index (χ4v) is 5.08. The summed E-state index contributed by atoms with van der Waals surface area (Å²) in [5, 5.41) is 10.7. The lowest BCUT2D eigenvalue weighted by atomic mass is 9.77. The normalized spacial score (nSPS) is 13.9. The molecule has 2 atom stereocenters. The highest BCUT2D eigenvalue weighted by molar-refractivity contribution is 5.69. The fourth-order valence-electron chi connectivity index (χ4n) is 5.08. The zero-order valence-electron chi connectivity index (χ0n) is 26.0. The van der Waals surface area contributed by atoms with Crippen LogP contribution in [0.2, 0.25) is 0 Å². The van der Waals surface area contributed by atoms with Gasteiger partial charge in [-0.05, 0) is 42.1 Å². The number of carbonyl (C=O) groups is 1. The highest BCUT2D eigenvalue weighted by Gasteiger charge is 2.28. The van der Waals surface area contributed by atoms with Crippen LogP contribution in [0.5, 0.6) is 0 Å². The average Bonchev–Trinajstić information content (AvgIpc) is 2.84. The third-order valence-electron chi connectivity index (χ3n) is 7.90. The predicted molar refractivity (Wildman–Crippen MR) is 163 cm³/mol. The van der Waals surface area contributed by atoms with Crippen LogP contribution in [0.4, 0.5) is 0 Å². The smallest absolute Gasteiger partial charge is 0.306 e. The number of esters is 1. The van der Waals surface area contributed by atoms with Crippen molar-refractivity contribution < 1.29 is 14.6 Å². The Morgan fingerprint density at radius 3 is 1.76 bits per heavy atom. The van der Waals surface area contributed by atoms with Gasteiger partial charge in [-0.1, -0.05) is 149 Å². The number of hydrogen-bond acceptors (Lipinski definition) is 3. The molecule has 1 aromatic rings. The molecule has 0 aliphatic carbocycles. The number of aliphatic hydroxyl groups excluding tert-OH is 1. The second-order valence-electron chi connectivity index (χ2n) is 14.0. The van der Waals surface area contributed by atoms with Gasteiger partial charge in [0.1, 0.15) is 0 Å². The second kappa shape index (κ2) is 19.7.